The van der Waals surface area contributed by atoms with Gasteiger partial charge in [-0.1, -0.05) is 12.1 Å². The van der Waals surface area contributed by atoms with E-state index in [1.165, 1.54) is 11.8 Å². The highest BCUT2D eigenvalue weighted by Gasteiger charge is 2.29. The van der Waals surface area contributed by atoms with Gasteiger partial charge in [0.25, 0.3) is 0 Å². The Balaban J connectivity index is 1.70. The third kappa shape index (κ3) is 5.70. The van der Waals surface area contributed by atoms with E-state index in [-0.39, 0.29) is 28.7 Å². The third-order valence-electron chi connectivity index (χ3n) is 4.00. The summed E-state index contributed by atoms with van der Waals surface area (Å²) < 4.78 is 28.6. The third-order valence-corrected chi connectivity index (χ3v) is 6.88. The van der Waals surface area contributed by atoms with Crippen molar-refractivity contribution in [1.82, 2.24) is 5.32 Å². The van der Waals surface area contributed by atoms with E-state index in [4.69, 9.17) is 4.74 Å². The molecule has 1 aliphatic rings. The summed E-state index contributed by atoms with van der Waals surface area (Å²) in [5.74, 6) is 1.71. The van der Waals surface area contributed by atoms with E-state index in [0.29, 0.717) is 18.8 Å². The number of amides is 1. The normalized spacial score (nSPS) is 20.5. The van der Waals surface area contributed by atoms with Gasteiger partial charge in [0.15, 0.2) is 9.84 Å². The van der Waals surface area contributed by atoms with Gasteiger partial charge >= 0.3 is 0 Å². The molecule has 2 rings (SSSR count). The SMILES string of the molecule is Cc1ccc(C)c(OCCS[C@H](C)C(=O)N[C@@H]2CCS(=O)(=O)C2)c1. The number of hydrogen-bond donors (Lipinski definition) is 1. The molecule has 1 aromatic carbocycles. The molecule has 5 nitrogen and oxygen atoms in total. The Bertz CT molecular complexity index is 688. The van der Waals surface area contributed by atoms with Crippen molar-refractivity contribution in [2.75, 3.05) is 23.9 Å². The van der Waals surface area contributed by atoms with Gasteiger partial charge in [0.05, 0.1) is 23.4 Å². The number of rotatable bonds is 7. The van der Waals surface area contributed by atoms with E-state index in [2.05, 4.69) is 5.32 Å². The van der Waals surface area contributed by atoms with Crippen LogP contribution < -0.4 is 10.1 Å². The van der Waals surface area contributed by atoms with Crippen LogP contribution in [0.2, 0.25) is 0 Å². The number of hydrogen-bond acceptors (Lipinski definition) is 5. The molecule has 134 valence electrons. The Kier molecular flexibility index (Phi) is 6.57. The largest absolute Gasteiger partial charge is 0.492 e. The molecule has 0 aromatic heterocycles. The average molecular weight is 372 g/mol. The quantitative estimate of drug-likeness (QED) is 0.743. The number of nitrogens with one attached hydrogen (secondary N) is 1. The zero-order valence-electron chi connectivity index (χ0n) is 14.4. The molecule has 7 heteroatoms. The first-order chi connectivity index (χ1) is 11.3. The fraction of sp³-hybridized carbons (Fsp3) is 0.588. The number of carbonyl (C=O) groups excluding carboxylic acids is 1. The van der Waals surface area contributed by atoms with Gasteiger partial charge in [-0.3, -0.25) is 4.79 Å². The van der Waals surface area contributed by atoms with Crippen molar-refractivity contribution < 1.29 is 17.9 Å². The second-order valence-electron chi connectivity index (χ2n) is 6.24. The minimum atomic E-state index is -2.97. The molecular weight excluding hydrogens is 346 g/mol. The van der Waals surface area contributed by atoms with E-state index in [0.717, 1.165) is 16.9 Å². The molecule has 0 saturated carbocycles. The Hall–Kier alpha value is -1.21. The fourth-order valence-electron chi connectivity index (χ4n) is 2.54. The van der Waals surface area contributed by atoms with Crippen LogP contribution in [0.25, 0.3) is 0 Å². The van der Waals surface area contributed by atoms with Crippen molar-refractivity contribution in [3.63, 3.8) is 0 Å². The molecule has 1 saturated heterocycles. The maximum atomic E-state index is 12.1. The summed E-state index contributed by atoms with van der Waals surface area (Å²) in [6.07, 6.45) is 0.515. The van der Waals surface area contributed by atoms with Crippen LogP contribution in [0.5, 0.6) is 5.75 Å². The number of ether oxygens (including phenoxy) is 1. The van der Waals surface area contributed by atoms with Gasteiger partial charge in [0.2, 0.25) is 5.91 Å². The first-order valence-corrected chi connectivity index (χ1v) is 11.0. The number of sulfone groups is 1. The lowest BCUT2D eigenvalue weighted by Crippen LogP contribution is -2.40. The van der Waals surface area contributed by atoms with E-state index in [1.807, 2.05) is 39.0 Å². The van der Waals surface area contributed by atoms with Gasteiger partial charge in [0, 0.05) is 11.8 Å². The van der Waals surface area contributed by atoms with Crippen LogP contribution in [0.3, 0.4) is 0 Å². The molecule has 0 bridgehead atoms. The smallest absolute Gasteiger partial charge is 0.233 e. The van der Waals surface area contributed by atoms with Gasteiger partial charge in [-0.25, -0.2) is 8.42 Å². The van der Waals surface area contributed by atoms with Crippen LogP contribution >= 0.6 is 11.8 Å². The highest BCUT2D eigenvalue weighted by molar-refractivity contribution is 8.00. The standard InChI is InChI=1S/C17H25NO4S2/c1-12-4-5-13(2)16(10-12)22-7-8-23-14(3)17(19)18-15-6-9-24(20,21)11-15/h4-5,10,14-15H,6-9,11H2,1-3H3,(H,18,19)/t14-,15-/m1/s1. The van der Waals surface area contributed by atoms with Crippen LogP contribution in [0, 0.1) is 13.8 Å². The number of benzene rings is 1. The Morgan fingerprint density at radius 2 is 2.17 bits per heavy atom. The lowest BCUT2D eigenvalue weighted by molar-refractivity contribution is -0.120. The monoisotopic (exact) mass is 371 g/mol. The lowest BCUT2D eigenvalue weighted by atomic mass is 10.1. The van der Waals surface area contributed by atoms with Crippen LogP contribution in [0.1, 0.15) is 24.5 Å². The second kappa shape index (κ2) is 8.25. The molecular formula is C17H25NO4S2. The predicted octanol–water partition coefficient (Wildman–Crippen LogP) is 2.11. The highest BCUT2D eigenvalue weighted by atomic mass is 32.2. The number of thioether (sulfide) groups is 1. The maximum absolute atomic E-state index is 12.1. The van der Waals surface area contributed by atoms with Crippen LogP contribution in [-0.4, -0.2) is 49.5 Å². The van der Waals surface area contributed by atoms with Crippen LogP contribution in [0.15, 0.2) is 18.2 Å². The van der Waals surface area contributed by atoms with E-state index >= 15 is 0 Å². The molecule has 1 N–H and O–H groups in total. The summed E-state index contributed by atoms with van der Waals surface area (Å²) in [5.41, 5.74) is 2.25. The highest BCUT2D eigenvalue weighted by Crippen LogP contribution is 2.20. The van der Waals surface area contributed by atoms with Crippen molar-refractivity contribution in [3.8, 4) is 5.75 Å². The fourth-order valence-corrected chi connectivity index (χ4v) is 4.97. The van der Waals surface area contributed by atoms with Crippen molar-refractivity contribution >= 4 is 27.5 Å². The second-order valence-corrected chi connectivity index (χ2v) is 9.92. The van der Waals surface area contributed by atoms with Crippen molar-refractivity contribution in [2.24, 2.45) is 0 Å². The van der Waals surface area contributed by atoms with Crippen LogP contribution in [0.4, 0.5) is 0 Å². The molecule has 1 aromatic rings. The summed E-state index contributed by atoms with van der Waals surface area (Å²) in [5, 5.41) is 2.60. The number of aryl methyl sites for hydroxylation is 2. The summed E-state index contributed by atoms with van der Waals surface area (Å²) in [4.78, 5) is 12.1. The zero-order valence-corrected chi connectivity index (χ0v) is 16.0. The van der Waals surface area contributed by atoms with Crippen LogP contribution in [-0.2, 0) is 14.6 Å². The van der Waals surface area contributed by atoms with Gasteiger partial charge in [-0.05, 0) is 44.4 Å². The minimum Gasteiger partial charge on any atom is -0.492 e. The summed E-state index contributed by atoms with van der Waals surface area (Å²) in [6, 6.07) is 5.85. The summed E-state index contributed by atoms with van der Waals surface area (Å²) in [7, 11) is -2.97. The Morgan fingerprint density at radius 3 is 2.83 bits per heavy atom. The molecule has 2 atom stereocenters. The topological polar surface area (TPSA) is 72.5 Å². The van der Waals surface area contributed by atoms with Gasteiger partial charge < -0.3 is 10.1 Å². The summed E-state index contributed by atoms with van der Waals surface area (Å²) >= 11 is 1.51. The van der Waals surface area contributed by atoms with Gasteiger partial charge in [-0.2, -0.15) is 0 Å². The zero-order chi connectivity index (χ0) is 17.7. The van der Waals surface area contributed by atoms with Gasteiger partial charge in [0.1, 0.15) is 5.75 Å². The average Bonchev–Trinajstić information content (AvgIpc) is 2.85. The lowest BCUT2D eigenvalue weighted by Gasteiger charge is -2.16. The number of carbonyl (C=O) groups is 1. The minimum absolute atomic E-state index is 0.0614. The molecule has 0 spiro atoms. The molecule has 1 amide bonds. The molecule has 1 fully saturated rings. The summed E-state index contributed by atoms with van der Waals surface area (Å²) in [6.45, 7) is 6.40. The predicted molar refractivity (Wildman–Crippen MR) is 98.5 cm³/mol. The van der Waals surface area contributed by atoms with E-state index < -0.39 is 9.84 Å². The van der Waals surface area contributed by atoms with Gasteiger partial charge in [-0.15, -0.1) is 11.8 Å². The van der Waals surface area contributed by atoms with Crippen molar-refractivity contribution in [2.45, 2.75) is 38.5 Å². The Labute approximate surface area is 148 Å². The van der Waals surface area contributed by atoms with Crippen molar-refractivity contribution in [1.29, 1.82) is 0 Å². The molecule has 0 radical (unpaired) electrons. The first kappa shape index (κ1) is 19.1. The molecule has 1 aliphatic heterocycles. The molecule has 24 heavy (non-hydrogen) atoms. The molecule has 0 unspecified atom stereocenters. The molecule has 1 heterocycles. The van der Waals surface area contributed by atoms with Crippen molar-refractivity contribution in [3.05, 3.63) is 29.3 Å². The van der Waals surface area contributed by atoms with E-state index in [9.17, 15) is 13.2 Å². The first-order valence-electron chi connectivity index (χ1n) is 8.09. The maximum Gasteiger partial charge on any atom is 0.233 e. The Morgan fingerprint density at radius 1 is 1.42 bits per heavy atom. The molecule has 0 aliphatic carbocycles. The van der Waals surface area contributed by atoms with E-state index in [1.54, 1.807) is 0 Å².